The summed E-state index contributed by atoms with van der Waals surface area (Å²) in [6, 6.07) is 0. The first kappa shape index (κ1) is 80.0. The Morgan fingerprint density at radius 3 is 0.963 bits per heavy atom. The molecule has 0 rings (SSSR count). The lowest BCUT2D eigenvalue weighted by atomic mass is 10.0. The number of allylic oxidation sites excluding steroid dienone is 8. The van der Waals surface area contributed by atoms with Gasteiger partial charge < -0.3 is 27.9 Å². The van der Waals surface area contributed by atoms with E-state index >= 15 is 0 Å². The Hall–Kier alpha value is -2.03. The summed E-state index contributed by atoms with van der Waals surface area (Å²) in [6.07, 6.45) is 82.0. The van der Waals surface area contributed by atoms with Gasteiger partial charge >= 0.3 is 11.9 Å². The molecule has 0 fully saturated rings. The maximum absolute atomic E-state index is 12.9. The average molecular weight is 1170 g/mol. The van der Waals surface area contributed by atoms with Gasteiger partial charge in [-0.25, -0.2) is 0 Å². The van der Waals surface area contributed by atoms with Crippen molar-refractivity contribution in [2.45, 2.75) is 354 Å². The Morgan fingerprint density at radius 2 is 0.659 bits per heavy atom. The molecule has 0 spiro atoms. The van der Waals surface area contributed by atoms with E-state index in [1.165, 1.54) is 270 Å². The van der Waals surface area contributed by atoms with Crippen molar-refractivity contribution >= 4 is 19.8 Å². The number of esters is 2. The summed E-state index contributed by atoms with van der Waals surface area (Å²) >= 11 is 0. The van der Waals surface area contributed by atoms with Crippen LogP contribution < -0.4 is 4.89 Å². The normalized spacial score (nSPS) is 13.4. The van der Waals surface area contributed by atoms with E-state index in [2.05, 4.69) is 62.5 Å². The number of nitrogens with zero attached hydrogens (tertiary/aromatic N) is 1. The number of likely N-dealkylation sites (N-methyl/N-ethyl adjacent to an activating group) is 1. The molecule has 0 amide bonds. The van der Waals surface area contributed by atoms with Crippen molar-refractivity contribution in [3.63, 3.8) is 0 Å². The highest BCUT2D eigenvalue weighted by Crippen LogP contribution is 2.38. The molecule has 482 valence electrons. The predicted molar refractivity (Wildman–Crippen MR) is 351 cm³/mol. The number of phosphoric acid groups is 1. The molecular formula is C72H136NO8P. The maximum atomic E-state index is 12.9. The van der Waals surface area contributed by atoms with Crippen molar-refractivity contribution in [3.05, 3.63) is 48.6 Å². The van der Waals surface area contributed by atoms with Gasteiger partial charge in [-0.05, 0) is 77.0 Å². The number of phosphoric ester groups is 1. The highest BCUT2D eigenvalue weighted by atomic mass is 31.2. The maximum Gasteiger partial charge on any atom is 0.306 e. The van der Waals surface area contributed by atoms with Gasteiger partial charge in [0.25, 0.3) is 7.82 Å². The molecule has 82 heavy (non-hydrogen) atoms. The van der Waals surface area contributed by atoms with Gasteiger partial charge in [0.1, 0.15) is 19.8 Å². The molecule has 0 N–H and O–H groups in total. The van der Waals surface area contributed by atoms with Crippen LogP contribution in [0.1, 0.15) is 348 Å². The summed E-state index contributed by atoms with van der Waals surface area (Å²) < 4.78 is 34.3. The van der Waals surface area contributed by atoms with E-state index in [4.69, 9.17) is 18.5 Å². The zero-order chi connectivity index (χ0) is 59.8. The molecule has 0 aromatic rings. The molecule has 0 radical (unpaired) electrons. The molecule has 0 bridgehead atoms. The fourth-order valence-electron chi connectivity index (χ4n) is 10.4. The van der Waals surface area contributed by atoms with Crippen LogP contribution in [0, 0.1) is 0 Å². The minimum Gasteiger partial charge on any atom is -0.756 e. The molecule has 0 aliphatic heterocycles. The van der Waals surface area contributed by atoms with Crippen LogP contribution in [0.2, 0.25) is 0 Å². The minimum absolute atomic E-state index is 0.0296. The first-order valence-corrected chi connectivity index (χ1v) is 36.8. The second-order valence-corrected chi connectivity index (χ2v) is 26.7. The number of rotatable bonds is 66. The van der Waals surface area contributed by atoms with Crippen molar-refractivity contribution in [2.75, 3.05) is 47.5 Å². The van der Waals surface area contributed by atoms with Crippen molar-refractivity contribution < 1.29 is 42.1 Å². The smallest absolute Gasteiger partial charge is 0.306 e. The molecule has 10 heteroatoms. The Bertz CT molecular complexity index is 1520. The monoisotopic (exact) mass is 1170 g/mol. The highest BCUT2D eigenvalue weighted by Gasteiger charge is 2.22. The van der Waals surface area contributed by atoms with Gasteiger partial charge in [-0.2, -0.15) is 0 Å². The third-order valence-corrected chi connectivity index (χ3v) is 16.8. The first-order valence-electron chi connectivity index (χ1n) is 35.3. The SMILES string of the molecule is CCCCCCC/C=C\C/C=C\CCCCCCCCCCCCCCCCCCCCCCCCCC(=O)OC(COC(=O)CCCCCCCCCCCCC/C=C\C/C=C\CCCCCCC)COP(=O)([O-])OCC[N+](C)(C)C. The van der Waals surface area contributed by atoms with Crippen LogP contribution in [0.3, 0.4) is 0 Å². The lowest BCUT2D eigenvalue weighted by Gasteiger charge is -2.28. The number of hydrogen-bond acceptors (Lipinski definition) is 8. The van der Waals surface area contributed by atoms with E-state index in [1.807, 2.05) is 21.1 Å². The zero-order valence-electron chi connectivity index (χ0n) is 55.0. The average Bonchev–Trinajstić information content (AvgIpc) is 3.45. The predicted octanol–water partition coefficient (Wildman–Crippen LogP) is 22.2. The van der Waals surface area contributed by atoms with Crippen molar-refractivity contribution in [3.8, 4) is 0 Å². The third-order valence-electron chi connectivity index (χ3n) is 15.8. The topological polar surface area (TPSA) is 111 Å². The second kappa shape index (κ2) is 63.5. The summed E-state index contributed by atoms with van der Waals surface area (Å²) in [7, 11) is 1.18. The van der Waals surface area contributed by atoms with Gasteiger partial charge in [-0.3, -0.25) is 14.2 Å². The fraction of sp³-hybridized carbons (Fsp3) is 0.861. The number of unbranched alkanes of at least 4 members (excludes halogenated alkanes) is 44. The Balaban J connectivity index is 3.97. The highest BCUT2D eigenvalue weighted by molar-refractivity contribution is 7.45. The van der Waals surface area contributed by atoms with Crippen LogP contribution in [0.5, 0.6) is 0 Å². The minimum atomic E-state index is -4.64. The molecule has 0 saturated heterocycles. The number of hydrogen-bond donors (Lipinski definition) is 0. The second-order valence-electron chi connectivity index (χ2n) is 25.2. The van der Waals surface area contributed by atoms with E-state index in [1.54, 1.807) is 0 Å². The van der Waals surface area contributed by atoms with E-state index in [0.717, 1.165) is 44.9 Å². The lowest BCUT2D eigenvalue weighted by Crippen LogP contribution is -2.37. The van der Waals surface area contributed by atoms with Gasteiger partial charge in [0.15, 0.2) is 6.10 Å². The Labute approximate surface area is 509 Å². The van der Waals surface area contributed by atoms with E-state index in [0.29, 0.717) is 17.4 Å². The molecule has 0 saturated carbocycles. The molecule has 2 unspecified atom stereocenters. The van der Waals surface area contributed by atoms with Gasteiger partial charge in [0, 0.05) is 12.8 Å². The van der Waals surface area contributed by atoms with Gasteiger partial charge in [0.2, 0.25) is 0 Å². The molecule has 0 aliphatic rings. The van der Waals surface area contributed by atoms with Gasteiger partial charge in [-0.15, -0.1) is 0 Å². The summed E-state index contributed by atoms with van der Waals surface area (Å²) in [6.45, 7) is 4.27. The summed E-state index contributed by atoms with van der Waals surface area (Å²) in [4.78, 5) is 38.0. The number of carbonyl (C=O) groups is 2. The van der Waals surface area contributed by atoms with Crippen molar-refractivity contribution in [2.24, 2.45) is 0 Å². The number of carbonyl (C=O) groups excluding carboxylic acids is 2. The molecule has 0 aromatic carbocycles. The molecule has 0 aliphatic carbocycles. The molecule has 0 heterocycles. The van der Waals surface area contributed by atoms with Crippen molar-refractivity contribution in [1.82, 2.24) is 0 Å². The van der Waals surface area contributed by atoms with Gasteiger partial charge in [0.05, 0.1) is 27.7 Å². The summed E-state index contributed by atoms with van der Waals surface area (Å²) in [5.41, 5.74) is 0. The number of quaternary nitrogens is 1. The summed E-state index contributed by atoms with van der Waals surface area (Å²) in [5.74, 6) is -0.818. The molecular weight excluding hydrogens is 1040 g/mol. The zero-order valence-corrected chi connectivity index (χ0v) is 55.8. The fourth-order valence-corrected chi connectivity index (χ4v) is 11.1. The van der Waals surface area contributed by atoms with Crippen LogP contribution in [-0.4, -0.2) is 70.0 Å². The van der Waals surface area contributed by atoms with E-state index < -0.39 is 26.5 Å². The van der Waals surface area contributed by atoms with Crippen LogP contribution >= 0.6 is 7.82 Å². The molecule has 0 aromatic heterocycles. The van der Waals surface area contributed by atoms with Crippen LogP contribution in [0.4, 0.5) is 0 Å². The number of ether oxygens (including phenoxy) is 2. The Kier molecular flexibility index (Phi) is 61.9. The van der Waals surface area contributed by atoms with Crippen LogP contribution in [0.15, 0.2) is 48.6 Å². The summed E-state index contributed by atoms with van der Waals surface area (Å²) in [5, 5.41) is 0. The first-order chi connectivity index (χ1) is 40.0. The Morgan fingerprint density at radius 1 is 0.378 bits per heavy atom. The quantitative estimate of drug-likeness (QED) is 0.0195. The van der Waals surface area contributed by atoms with Crippen LogP contribution in [0.25, 0.3) is 0 Å². The lowest BCUT2D eigenvalue weighted by molar-refractivity contribution is -0.870. The van der Waals surface area contributed by atoms with Crippen molar-refractivity contribution in [1.29, 1.82) is 0 Å². The van der Waals surface area contributed by atoms with Crippen LogP contribution in [-0.2, 0) is 32.7 Å². The van der Waals surface area contributed by atoms with E-state index in [9.17, 15) is 19.0 Å². The van der Waals surface area contributed by atoms with Gasteiger partial charge in [-0.1, -0.05) is 306 Å². The standard InChI is InChI=1S/C72H136NO8P/c1-6-8-10-12-14-16-18-20-22-24-26-28-30-31-32-33-34-35-36-37-38-39-40-41-43-45-47-49-51-53-55-57-59-61-63-65-72(75)81-70(69-80-82(76,77)79-67-66-73(3,4)5)68-78-71(74)64-62-60-58-56-54-52-50-48-46-44-42-29-27-25-23-21-19-17-15-13-11-9-7-2/h18-21,24-27,70H,6-17,22-23,28-69H2,1-5H3/b20-18-,21-19-,26-24-,27-25-. The largest absolute Gasteiger partial charge is 0.756 e. The molecule has 9 nitrogen and oxygen atoms in total. The van der Waals surface area contributed by atoms with E-state index in [-0.39, 0.29) is 32.0 Å². The molecule has 2 atom stereocenters. The third kappa shape index (κ3) is 67.1.